The van der Waals surface area contributed by atoms with Crippen LogP contribution in [0.25, 0.3) is 0 Å². The van der Waals surface area contributed by atoms with Gasteiger partial charge in [-0.1, -0.05) is 45.3 Å². The van der Waals surface area contributed by atoms with Crippen molar-refractivity contribution in [2.45, 2.75) is 53.4 Å². The molecule has 1 aliphatic rings. The van der Waals surface area contributed by atoms with Gasteiger partial charge in [-0.3, -0.25) is 0 Å². The van der Waals surface area contributed by atoms with Crippen LogP contribution in [-0.2, 0) is 0 Å². The molecular formula is C12H22. The van der Waals surface area contributed by atoms with Crippen LogP contribution >= 0.6 is 0 Å². The maximum atomic E-state index is 2.45. The molecule has 1 aliphatic carbocycles. The van der Waals surface area contributed by atoms with Crippen molar-refractivity contribution in [2.24, 2.45) is 11.3 Å². The number of hydrogen-bond acceptors (Lipinski definition) is 0. The zero-order valence-corrected chi connectivity index (χ0v) is 8.98. The fourth-order valence-electron chi connectivity index (χ4n) is 2.21. The smallest absolute Gasteiger partial charge is 0.0145 e. The van der Waals surface area contributed by atoms with E-state index in [1.807, 2.05) is 0 Å². The first-order chi connectivity index (χ1) is 5.56. The summed E-state index contributed by atoms with van der Waals surface area (Å²) in [5.41, 5.74) is 2.06. The average Bonchev–Trinajstić information content (AvgIpc) is 1.97. The lowest BCUT2D eigenvalue weighted by Gasteiger charge is -2.35. The van der Waals surface area contributed by atoms with Crippen LogP contribution in [0, 0.1) is 11.3 Å². The highest BCUT2D eigenvalue weighted by Crippen LogP contribution is 2.40. The zero-order chi connectivity index (χ0) is 9.19. The minimum atomic E-state index is 0.470. The van der Waals surface area contributed by atoms with E-state index in [1.54, 1.807) is 5.57 Å². The molecule has 0 fully saturated rings. The van der Waals surface area contributed by atoms with Crippen LogP contribution in [0.2, 0.25) is 0 Å². The Morgan fingerprint density at radius 1 is 1.50 bits per heavy atom. The maximum Gasteiger partial charge on any atom is -0.0145 e. The molecule has 0 spiro atoms. The van der Waals surface area contributed by atoms with Crippen molar-refractivity contribution in [3.63, 3.8) is 0 Å². The predicted octanol–water partition coefficient (Wildman–Crippen LogP) is 4.17. The van der Waals surface area contributed by atoms with Gasteiger partial charge in [0.05, 0.1) is 0 Å². The molecule has 0 aliphatic heterocycles. The molecule has 0 N–H and O–H groups in total. The molecule has 0 aromatic rings. The van der Waals surface area contributed by atoms with Gasteiger partial charge in [-0.05, 0) is 31.1 Å². The Labute approximate surface area is 77.1 Å². The maximum absolute atomic E-state index is 2.45. The molecule has 70 valence electrons. The van der Waals surface area contributed by atoms with Gasteiger partial charge in [-0.2, -0.15) is 0 Å². The minimum Gasteiger partial charge on any atom is -0.0848 e. The Hall–Kier alpha value is -0.260. The molecule has 0 saturated carbocycles. The Balaban J connectivity index is 2.59. The van der Waals surface area contributed by atoms with Gasteiger partial charge in [0, 0.05) is 0 Å². The van der Waals surface area contributed by atoms with Crippen LogP contribution in [0.1, 0.15) is 53.4 Å². The summed E-state index contributed by atoms with van der Waals surface area (Å²) in [6.07, 6.45) is 7.91. The standard InChI is InChI=1S/C12H22/c1-5-6-11-8-7-10(2)12(3,4)9-11/h7,11H,5-6,8-9H2,1-4H3. The van der Waals surface area contributed by atoms with Gasteiger partial charge in [0.15, 0.2) is 0 Å². The first-order valence-corrected chi connectivity index (χ1v) is 5.23. The quantitative estimate of drug-likeness (QED) is 0.540. The van der Waals surface area contributed by atoms with Crippen molar-refractivity contribution in [1.82, 2.24) is 0 Å². The van der Waals surface area contributed by atoms with Crippen LogP contribution in [0.4, 0.5) is 0 Å². The second-order valence-corrected chi connectivity index (χ2v) is 4.87. The normalized spacial score (nSPS) is 28.3. The molecule has 1 unspecified atom stereocenters. The molecule has 0 saturated heterocycles. The van der Waals surface area contributed by atoms with Gasteiger partial charge >= 0.3 is 0 Å². The molecule has 12 heavy (non-hydrogen) atoms. The fraction of sp³-hybridized carbons (Fsp3) is 0.833. The summed E-state index contributed by atoms with van der Waals surface area (Å²) in [6, 6.07) is 0. The van der Waals surface area contributed by atoms with E-state index in [9.17, 15) is 0 Å². The molecule has 0 aromatic carbocycles. The van der Waals surface area contributed by atoms with E-state index in [0.717, 1.165) is 5.92 Å². The van der Waals surface area contributed by atoms with Crippen LogP contribution in [0.15, 0.2) is 11.6 Å². The molecule has 0 aromatic heterocycles. The topological polar surface area (TPSA) is 0 Å². The Kier molecular flexibility index (Phi) is 2.98. The highest BCUT2D eigenvalue weighted by Gasteiger charge is 2.27. The van der Waals surface area contributed by atoms with Crippen molar-refractivity contribution in [1.29, 1.82) is 0 Å². The van der Waals surface area contributed by atoms with E-state index < -0.39 is 0 Å². The van der Waals surface area contributed by atoms with Crippen LogP contribution in [0.5, 0.6) is 0 Å². The van der Waals surface area contributed by atoms with Crippen LogP contribution < -0.4 is 0 Å². The lowest BCUT2D eigenvalue weighted by molar-refractivity contribution is 0.280. The first-order valence-electron chi connectivity index (χ1n) is 5.23. The van der Waals surface area contributed by atoms with Gasteiger partial charge in [-0.15, -0.1) is 0 Å². The fourth-order valence-corrected chi connectivity index (χ4v) is 2.21. The molecular weight excluding hydrogens is 144 g/mol. The zero-order valence-electron chi connectivity index (χ0n) is 8.98. The third kappa shape index (κ3) is 2.12. The average molecular weight is 166 g/mol. The van der Waals surface area contributed by atoms with E-state index in [-0.39, 0.29) is 0 Å². The van der Waals surface area contributed by atoms with Gasteiger partial charge in [0.25, 0.3) is 0 Å². The van der Waals surface area contributed by atoms with E-state index in [0.29, 0.717) is 5.41 Å². The van der Waals surface area contributed by atoms with E-state index in [4.69, 9.17) is 0 Å². The highest BCUT2D eigenvalue weighted by molar-refractivity contribution is 5.13. The monoisotopic (exact) mass is 166 g/mol. The number of hydrogen-bond donors (Lipinski definition) is 0. The van der Waals surface area contributed by atoms with Crippen molar-refractivity contribution >= 4 is 0 Å². The summed E-state index contributed by atoms with van der Waals surface area (Å²) >= 11 is 0. The van der Waals surface area contributed by atoms with Crippen molar-refractivity contribution < 1.29 is 0 Å². The molecule has 0 heteroatoms. The van der Waals surface area contributed by atoms with Gasteiger partial charge in [0.2, 0.25) is 0 Å². The Bertz CT molecular complexity index is 174. The second kappa shape index (κ2) is 3.64. The lowest BCUT2D eigenvalue weighted by atomic mass is 9.71. The summed E-state index contributed by atoms with van der Waals surface area (Å²) < 4.78 is 0. The number of rotatable bonds is 2. The molecule has 0 nitrogen and oxygen atoms in total. The summed E-state index contributed by atoms with van der Waals surface area (Å²) in [7, 11) is 0. The first kappa shape index (κ1) is 9.83. The molecule has 0 amide bonds. The van der Waals surface area contributed by atoms with E-state index in [2.05, 4.69) is 33.8 Å². The van der Waals surface area contributed by atoms with Gasteiger partial charge in [-0.25, -0.2) is 0 Å². The SMILES string of the molecule is CCCC1CC=C(C)C(C)(C)C1. The largest absolute Gasteiger partial charge is 0.0848 e. The van der Waals surface area contributed by atoms with Crippen LogP contribution in [-0.4, -0.2) is 0 Å². The Morgan fingerprint density at radius 2 is 2.17 bits per heavy atom. The van der Waals surface area contributed by atoms with Crippen molar-refractivity contribution in [2.75, 3.05) is 0 Å². The van der Waals surface area contributed by atoms with Gasteiger partial charge in [0.1, 0.15) is 0 Å². The summed E-state index contributed by atoms with van der Waals surface area (Å²) in [5.74, 6) is 0.952. The number of allylic oxidation sites excluding steroid dienone is 2. The predicted molar refractivity (Wildman–Crippen MR) is 55.2 cm³/mol. The molecule has 0 bridgehead atoms. The molecule has 0 heterocycles. The molecule has 1 rings (SSSR count). The summed E-state index contributed by atoms with van der Waals surface area (Å²) in [6.45, 7) is 9.32. The van der Waals surface area contributed by atoms with Gasteiger partial charge < -0.3 is 0 Å². The highest BCUT2D eigenvalue weighted by atomic mass is 14.3. The summed E-state index contributed by atoms with van der Waals surface area (Å²) in [4.78, 5) is 0. The van der Waals surface area contributed by atoms with Crippen molar-refractivity contribution in [3.8, 4) is 0 Å². The third-order valence-electron chi connectivity index (χ3n) is 3.32. The minimum absolute atomic E-state index is 0.470. The lowest BCUT2D eigenvalue weighted by Crippen LogP contribution is -2.22. The third-order valence-corrected chi connectivity index (χ3v) is 3.32. The van der Waals surface area contributed by atoms with Crippen molar-refractivity contribution in [3.05, 3.63) is 11.6 Å². The van der Waals surface area contributed by atoms with E-state index >= 15 is 0 Å². The Morgan fingerprint density at radius 3 is 2.67 bits per heavy atom. The molecule has 1 atom stereocenters. The van der Waals surface area contributed by atoms with E-state index in [1.165, 1.54) is 25.7 Å². The molecule has 0 radical (unpaired) electrons. The second-order valence-electron chi connectivity index (χ2n) is 4.87. The van der Waals surface area contributed by atoms with Crippen LogP contribution in [0.3, 0.4) is 0 Å². The summed E-state index contributed by atoms with van der Waals surface area (Å²) in [5, 5.41) is 0.